The molecule has 3 aromatic rings. The van der Waals surface area contributed by atoms with Crippen molar-refractivity contribution < 1.29 is 4.79 Å². The third kappa shape index (κ3) is 3.58. The highest BCUT2D eigenvalue weighted by atomic mass is 35.5. The Morgan fingerprint density at radius 2 is 1.89 bits per heavy atom. The van der Waals surface area contributed by atoms with Crippen LogP contribution in [0.4, 0.5) is 0 Å². The van der Waals surface area contributed by atoms with E-state index in [1.54, 1.807) is 25.1 Å². The lowest BCUT2D eigenvalue weighted by atomic mass is 10.1. The van der Waals surface area contributed by atoms with Crippen molar-refractivity contribution in [2.75, 3.05) is 0 Å². The summed E-state index contributed by atoms with van der Waals surface area (Å²) in [6.07, 6.45) is 1.33. The molecule has 0 fully saturated rings. The number of aryl methyl sites for hydroxylation is 1. The minimum atomic E-state index is -0.529. The van der Waals surface area contributed by atoms with E-state index in [1.165, 1.54) is 29.6 Å². The maximum absolute atomic E-state index is 12.4. The SMILES string of the molecule is C/C(=N/NC(=O)Cn1cnc2c1c(=O)n(C)c(=O)n2C)c1ccc(Cl)c(Cl)c1. The number of nitrogens with zero attached hydrogens (tertiary/aromatic N) is 5. The average molecular weight is 423 g/mol. The van der Waals surface area contributed by atoms with Crippen molar-refractivity contribution in [3.05, 3.63) is 61.0 Å². The molecule has 11 heteroatoms. The van der Waals surface area contributed by atoms with Gasteiger partial charge in [-0.15, -0.1) is 0 Å². The number of amides is 1. The smallest absolute Gasteiger partial charge is 0.315 e. The average Bonchev–Trinajstić information content (AvgIpc) is 3.08. The number of hydrogen-bond acceptors (Lipinski definition) is 5. The zero-order valence-corrected chi connectivity index (χ0v) is 16.7. The molecule has 0 aliphatic carbocycles. The summed E-state index contributed by atoms with van der Waals surface area (Å²) in [7, 11) is 2.87. The molecule has 146 valence electrons. The van der Waals surface area contributed by atoms with Crippen LogP contribution in [0, 0.1) is 0 Å². The number of carbonyl (C=O) groups is 1. The number of halogens is 2. The quantitative estimate of drug-likeness (QED) is 0.505. The Labute approximate surface area is 168 Å². The third-order valence-corrected chi connectivity index (χ3v) is 4.96. The van der Waals surface area contributed by atoms with E-state index in [1.807, 2.05) is 0 Å². The molecule has 0 spiro atoms. The first-order valence-electron chi connectivity index (χ1n) is 8.10. The van der Waals surface area contributed by atoms with Crippen molar-refractivity contribution in [1.29, 1.82) is 0 Å². The van der Waals surface area contributed by atoms with E-state index in [9.17, 15) is 14.4 Å². The van der Waals surface area contributed by atoms with Crippen LogP contribution < -0.4 is 16.7 Å². The number of fused-ring (bicyclic) bond motifs is 1. The summed E-state index contributed by atoms with van der Waals surface area (Å²) >= 11 is 11.9. The number of hydrogen-bond donors (Lipinski definition) is 1. The molecule has 2 aromatic heterocycles. The lowest BCUT2D eigenvalue weighted by Gasteiger charge is -2.07. The molecule has 0 aliphatic rings. The number of nitrogens with one attached hydrogen (secondary N) is 1. The Hall–Kier alpha value is -2.91. The molecule has 0 saturated heterocycles. The Kier molecular flexibility index (Phi) is 5.39. The van der Waals surface area contributed by atoms with E-state index in [0.717, 1.165) is 4.57 Å². The molecule has 0 bridgehead atoms. The fourth-order valence-electron chi connectivity index (χ4n) is 2.64. The van der Waals surface area contributed by atoms with Crippen LogP contribution in [-0.4, -0.2) is 30.3 Å². The second-order valence-corrected chi connectivity index (χ2v) is 6.93. The van der Waals surface area contributed by atoms with E-state index in [4.69, 9.17) is 23.2 Å². The van der Waals surface area contributed by atoms with Gasteiger partial charge in [0.1, 0.15) is 6.54 Å². The minimum Gasteiger partial charge on any atom is -0.315 e. The molecule has 0 aliphatic heterocycles. The molecule has 0 radical (unpaired) electrons. The lowest BCUT2D eigenvalue weighted by molar-refractivity contribution is -0.121. The van der Waals surface area contributed by atoms with E-state index in [0.29, 0.717) is 21.3 Å². The van der Waals surface area contributed by atoms with Crippen molar-refractivity contribution in [2.45, 2.75) is 13.5 Å². The van der Waals surface area contributed by atoms with Gasteiger partial charge in [-0.1, -0.05) is 29.3 Å². The molecule has 1 amide bonds. The Balaban J connectivity index is 1.83. The Morgan fingerprint density at radius 1 is 1.18 bits per heavy atom. The molecule has 0 saturated carbocycles. The second kappa shape index (κ2) is 7.61. The van der Waals surface area contributed by atoms with Gasteiger partial charge in [0.2, 0.25) is 0 Å². The Bertz CT molecular complexity index is 1240. The fraction of sp³-hybridized carbons (Fsp3) is 0.235. The van der Waals surface area contributed by atoms with Crippen molar-refractivity contribution in [1.82, 2.24) is 24.1 Å². The molecule has 3 rings (SSSR count). The van der Waals surface area contributed by atoms with Gasteiger partial charge in [0.15, 0.2) is 11.2 Å². The largest absolute Gasteiger partial charge is 0.332 e. The van der Waals surface area contributed by atoms with Gasteiger partial charge < -0.3 is 4.57 Å². The number of carbonyl (C=O) groups excluding carboxylic acids is 1. The number of hydrazone groups is 1. The Morgan fingerprint density at radius 3 is 2.57 bits per heavy atom. The number of rotatable bonds is 4. The standard InChI is InChI=1S/C17H16Cl2N6O3/c1-9(10-4-5-11(18)12(19)6-10)21-22-13(26)7-25-8-20-15-14(25)16(27)24(3)17(28)23(15)2/h4-6,8H,7H2,1-3H3,(H,22,26)/b21-9-. The molecule has 28 heavy (non-hydrogen) atoms. The topological polar surface area (TPSA) is 103 Å². The molecule has 1 aromatic carbocycles. The highest BCUT2D eigenvalue weighted by Gasteiger charge is 2.15. The van der Waals surface area contributed by atoms with Crippen LogP contribution in [0.5, 0.6) is 0 Å². The van der Waals surface area contributed by atoms with Gasteiger partial charge >= 0.3 is 5.69 Å². The molecular formula is C17H16Cl2N6O3. The maximum atomic E-state index is 12.4. The molecule has 1 N–H and O–H groups in total. The first-order valence-corrected chi connectivity index (χ1v) is 8.85. The summed E-state index contributed by atoms with van der Waals surface area (Å²) in [6, 6.07) is 5.01. The number of benzene rings is 1. The van der Waals surface area contributed by atoms with Crippen LogP contribution in [0.2, 0.25) is 10.0 Å². The van der Waals surface area contributed by atoms with Crippen LogP contribution in [0.1, 0.15) is 12.5 Å². The van der Waals surface area contributed by atoms with Crippen LogP contribution in [-0.2, 0) is 25.4 Å². The van der Waals surface area contributed by atoms with Crippen molar-refractivity contribution in [2.24, 2.45) is 19.2 Å². The van der Waals surface area contributed by atoms with E-state index in [-0.39, 0.29) is 17.7 Å². The maximum Gasteiger partial charge on any atom is 0.332 e. The van der Waals surface area contributed by atoms with Gasteiger partial charge in [-0.3, -0.25) is 18.7 Å². The van der Waals surface area contributed by atoms with Crippen molar-refractivity contribution in [3.8, 4) is 0 Å². The second-order valence-electron chi connectivity index (χ2n) is 6.11. The third-order valence-electron chi connectivity index (χ3n) is 4.22. The predicted octanol–water partition coefficient (Wildman–Crippen LogP) is 1.28. The van der Waals surface area contributed by atoms with Crippen LogP contribution in [0.25, 0.3) is 11.2 Å². The first kappa shape index (κ1) is 19.8. The molecule has 2 heterocycles. The first-order chi connectivity index (χ1) is 13.2. The summed E-state index contributed by atoms with van der Waals surface area (Å²) < 4.78 is 3.58. The summed E-state index contributed by atoms with van der Waals surface area (Å²) in [6.45, 7) is 1.51. The predicted molar refractivity (Wildman–Crippen MR) is 107 cm³/mol. The molecule has 9 nitrogen and oxygen atoms in total. The van der Waals surface area contributed by atoms with E-state index >= 15 is 0 Å². The van der Waals surface area contributed by atoms with E-state index in [2.05, 4.69) is 15.5 Å². The summed E-state index contributed by atoms with van der Waals surface area (Å²) in [5, 5.41) is 4.84. The lowest BCUT2D eigenvalue weighted by Crippen LogP contribution is -2.38. The van der Waals surface area contributed by atoms with Gasteiger partial charge in [0, 0.05) is 14.1 Å². The zero-order valence-electron chi connectivity index (χ0n) is 15.2. The number of aromatic nitrogens is 4. The van der Waals surface area contributed by atoms with Crippen molar-refractivity contribution in [3.63, 3.8) is 0 Å². The highest BCUT2D eigenvalue weighted by molar-refractivity contribution is 6.42. The minimum absolute atomic E-state index is 0.157. The fourth-order valence-corrected chi connectivity index (χ4v) is 2.94. The molecular weight excluding hydrogens is 407 g/mol. The van der Waals surface area contributed by atoms with Crippen LogP contribution >= 0.6 is 23.2 Å². The van der Waals surface area contributed by atoms with Gasteiger partial charge in [-0.05, 0) is 24.6 Å². The number of imidazole rings is 1. The monoisotopic (exact) mass is 422 g/mol. The van der Waals surface area contributed by atoms with Crippen molar-refractivity contribution >= 4 is 46.0 Å². The zero-order chi connectivity index (χ0) is 20.6. The van der Waals surface area contributed by atoms with Gasteiger partial charge in [0.05, 0.1) is 22.1 Å². The van der Waals surface area contributed by atoms with Gasteiger partial charge in [-0.2, -0.15) is 5.10 Å². The van der Waals surface area contributed by atoms with Crippen LogP contribution in [0.15, 0.2) is 39.2 Å². The van der Waals surface area contributed by atoms with E-state index < -0.39 is 17.2 Å². The molecule has 0 unspecified atom stereocenters. The summed E-state index contributed by atoms with van der Waals surface area (Å²) in [4.78, 5) is 40.7. The normalized spacial score (nSPS) is 11.8. The summed E-state index contributed by atoms with van der Waals surface area (Å²) in [5.41, 5.74) is 3.00. The summed E-state index contributed by atoms with van der Waals surface area (Å²) in [5.74, 6) is -0.463. The van der Waals surface area contributed by atoms with Gasteiger partial charge in [-0.25, -0.2) is 15.2 Å². The van der Waals surface area contributed by atoms with Gasteiger partial charge in [0.25, 0.3) is 11.5 Å². The van der Waals surface area contributed by atoms with Crippen LogP contribution in [0.3, 0.4) is 0 Å². The molecule has 0 atom stereocenters. The highest BCUT2D eigenvalue weighted by Crippen LogP contribution is 2.22.